The molecule has 1 heterocycles. The highest BCUT2D eigenvalue weighted by atomic mass is 32.2. The number of aromatic nitrogens is 1. The van der Waals surface area contributed by atoms with Crippen LogP contribution in [-0.4, -0.2) is 48.6 Å². The molecular weight excluding hydrogens is 488 g/mol. The minimum atomic E-state index is -0.821. The molecule has 1 aromatic heterocycles. The summed E-state index contributed by atoms with van der Waals surface area (Å²) in [4.78, 5) is 31.5. The molecule has 0 radical (unpaired) electrons. The van der Waals surface area contributed by atoms with Crippen LogP contribution < -0.4 is 25.9 Å². The third kappa shape index (κ3) is 8.53. The topological polar surface area (TPSA) is 108 Å². The van der Waals surface area contributed by atoms with Gasteiger partial charge >= 0.3 is 6.03 Å². The van der Waals surface area contributed by atoms with Crippen LogP contribution in [0.4, 0.5) is 10.5 Å². The van der Waals surface area contributed by atoms with Gasteiger partial charge in [-0.05, 0) is 29.8 Å². The van der Waals surface area contributed by atoms with Gasteiger partial charge in [0.1, 0.15) is 29.0 Å². The van der Waals surface area contributed by atoms with Crippen LogP contribution in [-0.2, 0) is 22.0 Å². The van der Waals surface area contributed by atoms with Gasteiger partial charge in [-0.3, -0.25) is 4.79 Å². The predicted octanol–water partition coefficient (Wildman–Crippen LogP) is 3.16. The van der Waals surface area contributed by atoms with Gasteiger partial charge in [-0.1, -0.05) is 30.3 Å². The van der Waals surface area contributed by atoms with E-state index in [9.17, 15) is 9.59 Å². The molecule has 2 aromatic carbocycles. The molecule has 35 heavy (non-hydrogen) atoms. The molecule has 0 aliphatic carbocycles. The van der Waals surface area contributed by atoms with Crippen molar-refractivity contribution < 1.29 is 18.6 Å². The molecule has 3 N–H and O–H groups in total. The van der Waals surface area contributed by atoms with Gasteiger partial charge in [-0.25, -0.2) is 20.7 Å². The van der Waals surface area contributed by atoms with Gasteiger partial charge in [-0.2, -0.15) is 8.70 Å². The third-order valence-electron chi connectivity index (χ3n) is 4.90. The van der Waals surface area contributed by atoms with E-state index in [0.717, 1.165) is 22.8 Å². The number of amides is 3. The molecule has 1 unspecified atom stereocenters. The molecule has 1 atom stereocenters. The number of urea groups is 1. The van der Waals surface area contributed by atoms with Gasteiger partial charge in [0.15, 0.2) is 0 Å². The molecule has 186 valence electrons. The number of carbonyl (C=O) groups is 2. The number of rotatable bonds is 12. The number of ether oxygens (including phenoxy) is 1. The SMILES string of the molecule is COc1ccc(N(C)C(=O)C(Cc2ccccc2)NC(=O)NOSN(C)NCc2nccs2)cc1. The lowest BCUT2D eigenvalue weighted by Crippen LogP contribution is -2.51. The third-order valence-corrected chi connectivity index (χ3v) is 6.19. The van der Waals surface area contributed by atoms with E-state index in [1.54, 1.807) is 56.1 Å². The fourth-order valence-electron chi connectivity index (χ4n) is 3.06. The minimum Gasteiger partial charge on any atom is -0.497 e. The van der Waals surface area contributed by atoms with Gasteiger partial charge < -0.3 is 15.0 Å². The van der Waals surface area contributed by atoms with Crippen LogP contribution in [0.2, 0.25) is 0 Å². The molecule has 0 saturated heterocycles. The normalized spacial score (nSPS) is 11.7. The maximum Gasteiger partial charge on any atom is 0.340 e. The number of benzene rings is 2. The Balaban J connectivity index is 1.56. The van der Waals surface area contributed by atoms with Crippen LogP contribution in [0.15, 0.2) is 66.2 Å². The fraction of sp³-hybridized carbons (Fsp3) is 0.261. The van der Waals surface area contributed by atoms with E-state index < -0.39 is 12.1 Å². The first-order valence-electron chi connectivity index (χ1n) is 10.7. The summed E-state index contributed by atoms with van der Waals surface area (Å²) in [5.74, 6) is 0.415. The van der Waals surface area contributed by atoms with Gasteiger partial charge in [0.25, 0.3) is 0 Å². The largest absolute Gasteiger partial charge is 0.497 e. The predicted molar refractivity (Wildman–Crippen MR) is 137 cm³/mol. The molecule has 0 aliphatic heterocycles. The molecule has 0 spiro atoms. The van der Waals surface area contributed by atoms with Gasteiger partial charge in [0.2, 0.25) is 5.91 Å². The van der Waals surface area contributed by atoms with E-state index in [1.165, 1.54) is 16.2 Å². The Morgan fingerprint density at radius 1 is 1.11 bits per heavy atom. The summed E-state index contributed by atoms with van der Waals surface area (Å²) in [6, 6.07) is 15.1. The van der Waals surface area contributed by atoms with Crippen LogP contribution >= 0.6 is 23.6 Å². The molecule has 12 heteroatoms. The summed E-state index contributed by atoms with van der Waals surface area (Å²) in [6.45, 7) is 0.530. The monoisotopic (exact) mass is 516 g/mol. The number of nitrogens with zero attached hydrogens (tertiary/aromatic N) is 3. The lowest BCUT2D eigenvalue weighted by atomic mass is 10.0. The van der Waals surface area contributed by atoms with Crippen molar-refractivity contribution >= 4 is 41.2 Å². The van der Waals surface area contributed by atoms with E-state index >= 15 is 0 Å². The van der Waals surface area contributed by atoms with Crippen LogP contribution in [0, 0.1) is 0 Å². The molecule has 0 saturated carbocycles. The van der Waals surface area contributed by atoms with Crippen molar-refractivity contribution in [3.63, 3.8) is 0 Å². The van der Waals surface area contributed by atoms with E-state index in [4.69, 9.17) is 9.02 Å². The highest BCUT2D eigenvalue weighted by Crippen LogP contribution is 2.19. The number of methoxy groups -OCH3 is 1. The lowest BCUT2D eigenvalue weighted by molar-refractivity contribution is -0.120. The first kappa shape index (κ1) is 26.4. The molecule has 0 aliphatic rings. The lowest BCUT2D eigenvalue weighted by Gasteiger charge is -2.25. The second kappa shape index (κ2) is 13.7. The van der Waals surface area contributed by atoms with Crippen LogP contribution in [0.5, 0.6) is 5.75 Å². The summed E-state index contributed by atoms with van der Waals surface area (Å²) in [5, 5.41) is 5.53. The second-order valence-corrected chi connectivity index (χ2v) is 9.17. The average molecular weight is 517 g/mol. The Morgan fingerprint density at radius 3 is 2.51 bits per heavy atom. The quantitative estimate of drug-likeness (QED) is 0.191. The Bertz CT molecular complexity index is 1050. The number of hydrogen-bond acceptors (Lipinski definition) is 9. The van der Waals surface area contributed by atoms with Crippen molar-refractivity contribution in [1.29, 1.82) is 0 Å². The number of thiazole rings is 1. The molecule has 3 aromatic rings. The number of carbonyl (C=O) groups excluding carboxylic acids is 2. The van der Waals surface area contributed by atoms with Gasteiger partial charge in [0, 0.05) is 37.8 Å². The van der Waals surface area contributed by atoms with Crippen LogP contribution in [0.25, 0.3) is 0 Å². The van der Waals surface area contributed by atoms with Gasteiger partial charge in [0.05, 0.1) is 13.7 Å². The number of anilines is 1. The van der Waals surface area contributed by atoms with E-state index in [1.807, 2.05) is 35.7 Å². The molecule has 10 nitrogen and oxygen atoms in total. The zero-order chi connectivity index (χ0) is 25.0. The Hall–Kier alpha value is -3.16. The number of nitrogens with one attached hydrogen (secondary N) is 3. The summed E-state index contributed by atoms with van der Waals surface area (Å²) < 4.78 is 12.0. The Morgan fingerprint density at radius 2 is 1.86 bits per heavy atom. The summed E-state index contributed by atoms with van der Waals surface area (Å²) in [7, 11) is 4.98. The number of hydrogen-bond donors (Lipinski definition) is 3. The Labute approximate surface area is 212 Å². The first-order chi connectivity index (χ1) is 17.0. The zero-order valence-corrected chi connectivity index (χ0v) is 21.3. The van der Waals surface area contributed by atoms with Crippen LogP contribution in [0.1, 0.15) is 10.6 Å². The Kier molecular flexibility index (Phi) is 10.3. The van der Waals surface area contributed by atoms with Crippen molar-refractivity contribution in [3.8, 4) is 5.75 Å². The summed E-state index contributed by atoms with van der Waals surface area (Å²) >= 11 is 2.43. The van der Waals surface area contributed by atoms with Gasteiger partial charge in [-0.15, -0.1) is 11.3 Å². The van der Waals surface area contributed by atoms with Crippen molar-refractivity contribution in [1.82, 2.24) is 25.6 Å². The van der Waals surface area contributed by atoms with Crippen molar-refractivity contribution in [3.05, 3.63) is 76.7 Å². The number of hydroxylamine groups is 1. The van der Waals surface area contributed by atoms with Crippen molar-refractivity contribution in [2.24, 2.45) is 0 Å². The molecule has 0 fully saturated rings. The maximum atomic E-state index is 13.3. The molecule has 3 amide bonds. The van der Waals surface area contributed by atoms with E-state index in [2.05, 4.69) is 21.2 Å². The second-order valence-electron chi connectivity index (χ2n) is 7.33. The molecular formula is C23H28N6O4S2. The van der Waals surface area contributed by atoms with E-state index in [-0.39, 0.29) is 5.91 Å². The van der Waals surface area contributed by atoms with Crippen molar-refractivity contribution in [2.75, 3.05) is 26.1 Å². The number of likely N-dealkylation sites (N-methyl/N-ethyl adjacent to an activating group) is 1. The summed E-state index contributed by atoms with van der Waals surface area (Å²) in [5.41, 5.74) is 6.96. The number of hydrazine groups is 1. The summed E-state index contributed by atoms with van der Waals surface area (Å²) in [6.07, 6.45) is 2.05. The van der Waals surface area contributed by atoms with Crippen molar-refractivity contribution in [2.45, 2.75) is 19.0 Å². The molecule has 0 bridgehead atoms. The first-order valence-corrected chi connectivity index (χ1v) is 12.3. The van der Waals surface area contributed by atoms with E-state index in [0.29, 0.717) is 24.4 Å². The minimum absolute atomic E-state index is 0.274. The maximum absolute atomic E-state index is 13.3. The highest BCUT2D eigenvalue weighted by Gasteiger charge is 2.25. The standard InChI is InChI=1S/C23H28N6O4S2/c1-28(18-9-11-19(32-3)12-10-18)22(30)20(15-17-7-5-4-6-8-17)26-23(31)27-33-35-29(2)25-16-21-24-13-14-34-21/h4-14,20,25H,15-16H2,1-3H3,(H2,26,27,31). The molecule has 3 rings (SSSR count). The highest BCUT2D eigenvalue weighted by molar-refractivity contribution is 7.92. The fourth-order valence-corrected chi connectivity index (χ4v) is 3.95. The average Bonchev–Trinajstić information content (AvgIpc) is 3.41. The zero-order valence-electron chi connectivity index (χ0n) is 19.6. The smallest absolute Gasteiger partial charge is 0.340 e. The van der Waals surface area contributed by atoms with Crippen LogP contribution in [0.3, 0.4) is 0 Å².